The van der Waals surface area contributed by atoms with E-state index in [9.17, 15) is 5.11 Å². The van der Waals surface area contributed by atoms with Crippen LogP contribution < -0.4 is 0 Å². The van der Waals surface area contributed by atoms with Gasteiger partial charge in [0.25, 0.3) is 0 Å². The third-order valence-corrected chi connectivity index (χ3v) is 2.17. The Morgan fingerprint density at radius 1 is 1.14 bits per heavy atom. The molecule has 0 bridgehead atoms. The van der Waals surface area contributed by atoms with Crippen molar-refractivity contribution in [1.29, 1.82) is 0 Å². The molecule has 0 aromatic heterocycles. The minimum Gasteiger partial charge on any atom is -0.507 e. The third kappa shape index (κ3) is 1.43. The van der Waals surface area contributed by atoms with E-state index >= 15 is 0 Å². The van der Waals surface area contributed by atoms with Crippen LogP contribution in [0.4, 0.5) is 0 Å². The highest BCUT2D eigenvalue weighted by molar-refractivity contribution is 5.72. The lowest BCUT2D eigenvalue weighted by Gasteiger charge is -2.05. The molecule has 0 radical (unpaired) electrons. The zero-order valence-electron chi connectivity index (χ0n) is 7.91. The van der Waals surface area contributed by atoms with E-state index in [-0.39, 0.29) is 0 Å². The largest absolute Gasteiger partial charge is 0.507 e. The normalized spacial score (nSPS) is 9.50. The molecule has 1 heteroatoms. The van der Waals surface area contributed by atoms with E-state index in [1.165, 1.54) is 0 Å². The van der Waals surface area contributed by atoms with Crippen LogP contribution in [0.15, 0.2) is 36.4 Å². The van der Waals surface area contributed by atoms with Gasteiger partial charge in [-0.15, -0.1) is 0 Å². The minimum absolute atomic E-state index is 0.292. The van der Waals surface area contributed by atoms with Gasteiger partial charge in [-0.1, -0.05) is 30.3 Å². The molecule has 0 atom stereocenters. The molecule has 1 nitrogen and oxygen atoms in total. The van der Waals surface area contributed by atoms with E-state index in [1.54, 1.807) is 12.1 Å². The predicted molar refractivity (Wildman–Crippen MR) is 56.0 cm³/mol. The maximum Gasteiger partial charge on any atom is 0.124 e. The molecule has 2 rings (SSSR count). The maximum absolute atomic E-state index is 9.71. The van der Waals surface area contributed by atoms with E-state index in [4.69, 9.17) is 0 Å². The number of phenols is 1. The first kappa shape index (κ1) is 8.65. The molecule has 0 saturated carbocycles. The Labute approximate surface area is 83.6 Å². The molecule has 0 aliphatic carbocycles. The molecule has 68 valence electrons. The first-order valence-corrected chi connectivity index (χ1v) is 4.46. The van der Waals surface area contributed by atoms with Crippen molar-refractivity contribution >= 4 is 0 Å². The molecular weight excluding hydrogens is 172 g/mol. The van der Waals surface area contributed by atoms with E-state index < -0.39 is 0 Å². The number of aromatic hydroxyl groups is 1. The Balaban J connectivity index is 2.63. The van der Waals surface area contributed by atoms with Crippen LogP contribution in [0.25, 0.3) is 11.1 Å². The Morgan fingerprint density at radius 2 is 2.00 bits per heavy atom. The summed E-state index contributed by atoms with van der Waals surface area (Å²) >= 11 is 0. The SMILES string of the molecule is Cc1cccc(O)c1-c1c#cccc1. The van der Waals surface area contributed by atoms with Gasteiger partial charge >= 0.3 is 0 Å². The van der Waals surface area contributed by atoms with Crippen LogP contribution in [0.2, 0.25) is 0 Å². The average molecular weight is 182 g/mol. The molecule has 0 saturated heterocycles. The highest BCUT2D eigenvalue weighted by Gasteiger charge is 2.05. The lowest BCUT2D eigenvalue weighted by Crippen LogP contribution is -1.82. The predicted octanol–water partition coefficient (Wildman–Crippen LogP) is 2.97. The average Bonchev–Trinajstić information content (AvgIpc) is 2.19. The van der Waals surface area contributed by atoms with E-state index in [0.29, 0.717) is 5.75 Å². The van der Waals surface area contributed by atoms with Crippen molar-refractivity contribution in [2.45, 2.75) is 6.92 Å². The van der Waals surface area contributed by atoms with Gasteiger partial charge in [0.1, 0.15) is 5.75 Å². The first-order chi connectivity index (χ1) is 6.79. The van der Waals surface area contributed by atoms with Crippen molar-refractivity contribution in [3.05, 3.63) is 54.1 Å². The van der Waals surface area contributed by atoms with Gasteiger partial charge in [0.2, 0.25) is 0 Å². The number of rotatable bonds is 1. The summed E-state index contributed by atoms with van der Waals surface area (Å²) in [6.07, 6.45) is 0. The molecule has 0 fully saturated rings. The molecule has 0 heterocycles. The van der Waals surface area contributed by atoms with E-state index in [0.717, 1.165) is 16.7 Å². The van der Waals surface area contributed by atoms with Gasteiger partial charge in [-0.25, -0.2) is 0 Å². The van der Waals surface area contributed by atoms with Crippen molar-refractivity contribution in [3.63, 3.8) is 0 Å². The number of benzene rings is 1. The molecule has 0 unspecified atom stereocenters. The number of hydrogen-bond donors (Lipinski definition) is 1. The standard InChI is InChI=1S/C13H10O/c1-10-6-5-9-12(14)13(10)11-7-3-2-4-8-11/h2-3,5-7,9,14H,1H3. The second-order valence-electron chi connectivity index (χ2n) is 3.18. The lowest BCUT2D eigenvalue weighted by atomic mass is 10.0. The fourth-order valence-electron chi connectivity index (χ4n) is 1.50. The molecule has 0 amide bonds. The van der Waals surface area contributed by atoms with Crippen molar-refractivity contribution in [1.82, 2.24) is 0 Å². The number of phenolic OH excluding ortho intramolecular Hbond substituents is 1. The topological polar surface area (TPSA) is 20.2 Å². The second-order valence-corrected chi connectivity index (χ2v) is 3.18. The zero-order valence-corrected chi connectivity index (χ0v) is 7.91. The van der Waals surface area contributed by atoms with Crippen molar-refractivity contribution < 1.29 is 5.11 Å². The van der Waals surface area contributed by atoms with Crippen molar-refractivity contribution in [3.8, 4) is 16.9 Å². The Hall–Kier alpha value is -1.94. The molecule has 0 aliphatic heterocycles. The summed E-state index contributed by atoms with van der Waals surface area (Å²) in [5.74, 6) is 0.292. The third-order valence-electron chi connectivity index (χ3n) is 2.17. The highest BCUT2D eigenvalue weighted by Crippen LogP contribution is 2.30. The number of hydrogen-bond acceptors (Lipinski definition) is 1. The van der Waals surface area contributed by atoms with Crippen LogP contribution in [0.5, 0.6) is 5.75 Å². The fraction of sp³-hybridized carbons (Fsp3) is 0.0769. The summed E-state index contributed by atoms with van der Waals surface area (Å²) in [5.41, 5.74) is 2.76. The Kier molecular flexibility index (Phi) is 2.12. The van der Waals surface area contributed by atoms with Crippen LogP contribution in [-0.4, -0.2) is 5.11 Å². The van der Waals surface area contributed by atoms with Crippen LogP contribution in [0.3, 0.4) is 0 Å². The van der Waals surface area contributed by atoms with Gasteiger partial charge in [-0.2, -0.15) is 0 Å². The van der Waals surface area contributed by atoms with Crippen LogP contribution >= 0.6 is 0 Å². The van der Waals surface area contributed by atoms with Crippen molar-refractivity contribution in [2.75, 3.05) is 0 Å². The van der Waals surface area contributed by atoms with Crippen LogP contribution in [0, 0.1) is 19.1 Å². The van der Waals surface area contributed by atoms with Crippen LogP contribution in [-0.2, 0) is 0 Å². The molecule has 1 N–H and O–H groups in total. The molecule has 2 aromatic rings. The van der Waals surface area contributed by atoms with Gasteiger partial charge in [0.15, 0.2) is 0 Å². The smallest absolute Gasteiger partial charge is 0.124 e. The molecule has 2 aromatic carbocycles. The second kappa shape index (κ2) is 3.43. The quantitative estimate of drug-likeness (QED) is 0.718. The first-order valence-electron chi connectivity index (χ1n) is 4.46. The Bertz CT molecular complexity index is 412. The van der Waals surface area contributed by atoms with Gasteiger partial charge < -0.3 is 5.11 Å². The summed E-state index contributed by atoms with van der Waals surface area (Å²) in [6.45, 7) is 1.97. The van der Waals surface area contributed by atoms with Crippen LogP contribution in [0.1, 0.15) is 5.56 Å². The Morgan fingerprint density at radius 3 is 2.64 bits per heavy atom. The van der Waals surface area contributed by atoms with Crippen molar-refractivity contribution in [2.24, 2.45) is 0 Å². The summed E-state index contributed by atoms with van der Waals surface area (Å²) in [4.78, 5) is 0. The van der Waals surface area contributed by atoms with Gasteiger partial charge in [0, 0.05) is 11.1 Å². The summed E-state index contributed by atoms with van der Waals surface area (Å²) in [7, 11) is 0. The number of aryl methyl sites for hydroxylation is 1. The highest BCUT2D eigenvalue weighted by atomic mass is 16.3. The molecule has 14 heavy (non-hydrogen) atoms. The molecule has 0 aliphatic rings. The van der Waals surface area contributed by atoms with Gasteiger partial charge in [-0.05, 0) is 30.7 Å². The fourth-order valence-corrected chi connectivity index (χ4v) is 1.50. The lowest BCUT2D eigenvalue weighted by molar-refractivity contribution is 0.477. The summed E-state index contributed by atoms with van der Waals surface area (Å²) < 4.78 is 0. The molecular formula is C13H10O. The summed E-state index contributed by atoms with van der Waals surface area (Å²) in [6, 6.07) is 16.9. The van der Waals surface area contributed by atoms with Gasteiger partial charge in [0.05, 0.1) is 0 Å². The van der Waals surface area contributed by atoms with E-state index in [2.05, 4.69) is 12.1 Å². The van der Waals surface area contributed by atoms with Gasteiger partial charge in [-0.3, -0.25) is 0 Å². The minimum atomic E-state index is 0.292. The monoisotopic (exact) mass is 182 g/mol. The molecule has 0 spiro atoms. The zero-order chi connectivity index (χ0) is 9.97. The van der Waals surface area contributed by atoms with E-state index in [1.807, 2.05) is 31.2 Å². The maximum atomic E-state index is 9.71. The summed E-state index contributed by atoms with van der Waals surface area (Å²) in [5, 5.41) is 9.71.